The molecule has 3 unspecified atom stereocenters. The Morgan fingerprint density at radius 2 is 2.25 bits per heavy atom. The number of carbonyl (C=O) groups excluding carboxylic acids is 1. The molecule has 0 heterocycles. The molecule has 3 atom stereocenters. The molecule has 1 aliphatic rings. The molecule has 0 aliphatic heterocycles. The first-order chi connectivity index (χ1) is 7.41. The third-order valence-corrected chi connectivity index (χ3v) is 3.54. The molecular weight excluding hydrogens is 208 g/mol. The van der Waals surface area contributed by atoms with E-state index in [1.54, 1.807) is 6.92 Å². The van der Waals surface area contributed by atoms with Gasteiger partial charge in [-0.1, -0.05) is 13.3 Å². The van der Waals surface area contributed by atoms with Crippen LogP contribution in [0.4, 0.5) is 0 Å². The van der Waals surface area contributed by atoms with Crippen molar-refractivity contribution in [1.29, 1.82) is 0 Å². The fraction of sp³-hybridized carbons (Fsp3) is 0.818. The Balaban J connectivity index is 2.67. The zero-order valence-electron chi connectivity index (χ0n) is 9.82. The lowest BCUT2D eigenvalue weighted by Crippen LogP contribution is -2.51. The van der Waals surface area contributed by atoms with E-state index in [0.29, 0.717) is 19.3 Å². The standard InChI is InChI=1S/C11H20N2O3/c1-3-7(12)9(14)13-8-5-4-6-11(8,2)10(15)16/h7-8H,3-6,12H2,1-2H3,(H,13,14)(H,15,16). The zero-order valence-corrected chi connectivity index (χ0v) is 9.82. The summed E-state index contributed by atoms with van der Waals surface area (Å²) in [6, 6.07) is -0.839. The summed E-state index contributed by atoms with van der Waals surface area (Å²) < 4.78 is 0. The second kappa shape index (κ2) is 4.82. The van der Waals surface area contributed by atoms with Crippen molar-refractivity contribution in [3.05, 3.63) is 0 Å². The topological polar surface area (TPSA) is 92.4 Å². The van der Waals surface area contributed by atoms with Crippen LogP contribution in [0.5, 0.6) is 0 Å². The fourth-order valence-corrected chi connectivity index (χ4v) is 2.12. The Hall–Kier alpha value is -1.10. The highest BCUT2D eigenvalue weighted by Crippen LogP contribution is 2.38. The largest absolute Gasteiger partial charge is 0.481 e. The number of carboxylic acids is 1. The summed E-state index contributed by atoms with van der Waals surface area (Å²) in [6.07, 6.45) is 2.71. The maximum atomic E-state index is 11.6. The number of hydrogen-bond donors (Lipinski definition) is 3. The van der Waals surface area contributed by atoms with Crippen LogP contribution in [0, 0.1) is 5.41 Å². The van der Waals surface area contributed by atoms with Gasteiger partial charge < -0.3 is 16.2 Å². The van der Waals surface area contributed by atoms with Crippen molar-refractivity contribution < 1.29 is 14.7 Å². The predicted octanol–water partition coefficient (Wildman–Crippen LogP) is 0.483. The second-order valence-corrected chi connectivity index (χ2v) is 4.69. The first kappa shape index (κ1) is 13.0. The van der Waals surface area contributed by atoms with Crippen molar-refractivity contribution in [1.82, 2.24) is 5.32 Å². The van der Waals surface area contributed by atoms with E-state index in [0.717, 1.165) is 6.42 Å². The first-order valence-electron chi connectivity index (χ1n) is 5.71. The van der Waals surface area contributed by atoms with Gasteiger partial charge in [0.05, 0.1) is 11.5 Å². The molecule has 0 saturated heterocycles. The normalized spacial score (nSPS) is 31.1. The van der Waals surface area contributed by atoms with E-state index in [4.69, 9.17) is 10.8 Å². The van der Waals surface area contributed by atoms with Crippen molar-refractivity contribution in [2.24, 2.45) is 11.1 Å². The molecule has 1 saturated carbocycles. The number of nitrogens with one attached hydrogen (secondary N) is 1. The van der Waals surface area contributed by atoms with Crippen LogP contribution in [0.3, 0.4) is 0 Å². The molecule has 1 rings (SSSR count). The van der Waals surface area contributed by atoms with Crippen LogP contribution in [0.2, 0.25) is 0 Å². The van der Waals surface area contributed by atoms with Crippen molar-refractivity contribution >= 4 is 11.9 Å². The van der Waals surface area contributed by atoms with E-state index in [1.807, 2.05) is 6.92 Å². The van der Waals surface area contributed by atoms with Crippen LogP contribution in [-0.2, 0) is 9.59 Å². The molecule has 16 heavy (non-hydrogen) atoms. The summed E-state index contributed by atoms with van der Waals surface area (Å²) in [5, 5.41) is 11.9. The molecule has 1 amide bonds. The van der Waals surface area contributed by atoms with Crippen LogP contribution in [0.25, 0.3) is 0 Å². The summed E-state index contributed by atoms with van der Waals surface area (Å²) in [7, 11) is 0. The number of hydrogen-bond acceptors (Lipinski definition) is 3. The minimum atomic E-state index is -0.847. The van der Waals surface area contributed by atoms with Crippen molar-refractivity contribution in [2.75, 3.05) is 0 Å². The predicted molar refractivity (Wildman–Crippen MR) is 59.8 cm³/mol. The minimum absolute atomic E-state index is 0.248. The number of aliphatic carboxylic acids is 1. The van der Waals surface area contributed by atoms with Gasteiger partial charge in [0, 0.05) is 6.04 Å². The number of nitrogens with two attached hydrogens (primary N) is 1. The molecule has 5 nitrogen and oxygen atoms in total. The van der Waals surface area contributed by atoms with Gasteiger partial charge in [-0.15, -0.1) is 0 Å². The Bertz CT molecular complexity index is 293. The molecule has 0 radical (unpaired) electrons. The van der Waals surface area contributed by atoms with Gasteiger partial charge in [-0.2, -0.15) is 0 Å². The number of rotatable bonds is 4. The Morgan fingerprint density at radius 1 is 1.62 bits per heavy atom. The second-order valence-electron chi connectivity index (χ2n) is 4.69. The van der Waals surface area contributed by atoms with Gasteiger partial charge in [-0.05, 0) is 26.2 Å². The molecule has 4 N–H and O–H groups in total. The average Bonchev–Trinajstić information content (AvgIpc) is 2.60. The molecule has 0 aromatic carbocycles. The highest BCUT2D eigenvalue weighted by molar-refractivity contribution is 5.83. The molecule has 0 aromatic heterocycles. The quantitative estimate of drug-likeness (QED) is 0.652. The molecule has 5 heteroatoms. The van der Waals surface area contributed by atoms with Gasteiger partial charge in [0.1, 0.15) is 0 Å². The summed E-state index contributed by atoms with van der Waals surface area (Å²) in [5.41, 5.74) is 4.76. The zero-order chi connectivity index (χ0) is 12.3. The highest BCUT2D eigenvalue weighted by atomic mass is 16.4. The molecular formula is C11H20N2O3. The van der Waals surface area contributed by atoms with Crippen molar-refractivity contribution in [2.45, 2.75) is 51.6 Å². The van der Waals surface area contributed by atoms with Gasteiger partial charge in [-0.25, -0.2) is 0 Å². The van der Waals surface area contributed by atoms with Crippen molar-refractivity contribution in [3.8, 4) is 0 Å². The SMILES string of the molecule is CCC(N)C(=O)NC1CCCC1(C)C(=O)O. The average molecular weight is 228 g/mol. The van der Waals surface area contributed by atoms with Crippen molar-refractivity contribution in [3.63, 3.8) is 0 Å². The molecule has 1 aliphatic carbocycles. The van der Waals surface area contributed by atoms with Crippen LogP contribution >= 0.6 is 0 Å². The summed E-state index contributed by atoms with van der Waals surface area (Å²) >= 11 is 0. The van der Waals surface area contributed by atoms with Gasteiger partial charge >= 0.3 is 5.97 Å². The third kappa shape index (κ3) is 2.35. The number of carbonyl (C=O) groups is 2. The third-order valence-electron chi connectivity index (χ3n) is 3.54. The summed E-state index contributed by atoms with van der Waals surface area (Å²) in [4.78, 5) is 22.8. The van der Waals surface area contributed by atoms with Crippen LogP contribution < -0.4 is 11.1 Å². The van der Waals surface area contributed by atoms with Crippen LogP contribution in [0.1, 0.15) is 39.5 Å². The molecule has 0 spiro atoms. The van der Waals surface area contributed by atoms with Crippen LogP contribution in [-0.4, -0.2) is 29.1 Å². The lowest BCUT2D eigenvalue weighted by Gasteiger charge is -2.28. The van der Waals surface area contributed by atoms with Gasteiger partial charge in [0.2, 0.25) is 5.91 Å². The Morgan fingerprint density at radius 3 is 2.75 bits per heavy atom. The van der Waals surface area contributed by atoms with E-state index < -0.39 is 17.4 Å². The monoisotopic (exact) mass is 228 g/mol. The minimum Gasteiger partial charge on any atom is -0.481 e. The Labute approximate surface area is 95.4 Å². The number of amides is 1. The van der Waals surface area contributed by atoms with Crippen LogP contribution in [0.15, 0.2) is 0 Å². The highest BCUT2D eigenvalue weighted by Gasteiger charge is 2.46. The molecule has 0 aromatic rings. The maximum Gasteiger partial charge on any atom is 0.311 e. The van der Waals surface area contributed by atoms with E-state index in [1.165, 1.54) is 0 Å². The van der Waals surface area contributed by atoms with Gasteiger partial charge in [0.25, 0.3) is 0 Å². The van der Waals surface area contributed by atoms with E-state index in [9.17, 15) is 9.59 Å². The number of carboxylic acid groups (broad SMARTS) is 1. The van der Waals surface area contributed by atoms with Gasteiger partial charge in [-0.3, -0.25) is 9.59 Å². The molecule has 0 bridgehead atoms. The van der Waals surface area contributed by atoms with Gasteiger partial charge in [0.15, 0.2) is 0 Å². The van der Waals surface area contributed by atoms with E-state index >= 15 is 0 Å². The smallest absolute Gasteiger partial charge is 0.311 e. The lowest BCUT2D eigenvalue weighted by molar-refractivity contribution is -0.149. The molecule has 1 fully saturated rings. The van der Waals surface area contributed by atoms with E-state index in [-0.39, 0.29) is 11.9 Å². The maximum absolute atomic E-state index is 11.6. The van der Waals surface area contributed by atoms with E-state index in [2.05, 4.69) is 5.32 Å². The lowest BCUT2D eigenvalue weighted by atomic mass is 9.85. The Kier molecular flexibility index (Phi) is 3.91. The summed E-state index contributed by atoms with van der Waals surface area (Å²) in [6.45, 7) is 3.51. The fourth-order valence-electron chi connectivity index (χ4n) is 2.12. The first-order valence-corrected chi connectivity index (χ1v) is 5.71. The summed E-state index contributed by atoms with van der Waals surface area (Å²) in [5.74, 6) is -1.10. The molecule has 92 valence electrons.